The van der Waals surface area contributed by atoms with E-state index in [0.29, 0.717) is 0 Å². The minimum absolute atomic E-state index is 0.785. The first kappa shape index (κ1) is 34.2. The second kappa shape index (κ2) is 15.8. The Hall–Kier alpha value is -6.59. The fourth-order valence-corrected chi connectivity index (χ4v) is 9.63. The lowest BCUT2D eigenvalue weighted by Crippen LogP contribution is -2.20. The number of hydrogen-bond acceptors (Lipinski definition) is 0. The van der Waals surface area contributed by atoms with Crippen molar-refractivity contribution in [2.24, 2.45) is 0 Å². The van der Waals surface area contributed by atoms with E-state index in [-0.39, 0.29) is 0 Å². The van der Waals surface area contributed by atoms with E-state index < -0.39 is 7.92 Å². The molecule has 0 bridgehead atoms. The Morgan fingerprint density at radius 2 is 0.509 bits per heavy atom. The Kier molecular flexibility index (Phi) is 9.82. The molecule has 0 spiro atoms. The van der Waals surface area contributed by atoms with E-state index in [1.54, 1.807) is 0 Å². The first-order chi connectivity index (χ1) is 27.2. The fourth-order valence-electron chi connectivity index (χ4n) is 7.40. The molecular formula is C54H39P. The van der Waals surface area contributed by atoms with Crippen molar-refractivity contribution in [3.05, 3.63) is 234 Å². The van der Waals surface area contributed by atoms with Gasteiger partial charge in [0.05, 0.1) is 0 Å². The van der Waals surface area contributed by atoms with Crippen LogP contribution in [0, 0.1) is 0 Å². The highest BCUT2D eigenvalue weighted by molar-refractivity contribution is 7.79. The van der Waals surface area contributed by atoms with Crippen molar-refractivity contribution in [1.29, 1.82) is 0 Å². The molecule has 9 aromatic carbocycles. The largest absolute Gasteiger partial charge is 0.0616 e. The Morgan fingerprint density at radius 1 is 0.236 bits per heavy atom. The van der Waals surface area contributed by atoms with Gasteiger partial charge in [-0.05, 0) is 89.5 Å². The second-order valence-corrected chi connectivity index (χ2v) is 16.0. The molecule has 0 aliphatic rings. The molecule has 0 atom stereocenters. The maximum absolute atomic E-state index is 2.32. The zero-order chi connectivity index (χ0) is 36.8. The van der Waals surface area contributed by atoms with Crippen LogP contribution in [0.3, 0.4) is 0 Å². The molecule has 0 saturated carbocycles. The maximum Gasteiger partial charge on any atom is -0.0111 e. The Labute approximate surface area is 324 Å². The third-order valence-electron chi connectivity index (χ3n) is 10.3. The van der Waals surface area contributed by atoms with Crippen LogP contribution in [-0.4, -0.2) is 0 Å². The van der Waals surface area contributed by atoms with Crippen LogP contribution in [0.4, 0.5) is 0 Å². The first-order valence-electron chi connectivity index (χ1n) is 18.8. The molecule has 0 aliphatic carbocycles. The van der Waals surface area contributed by atoms with E-state index in [4.69, 9.17) is 0 Å². The van der Waals surface area contributed by atoms with Gasteiger partial charge in [0.2, 0.25) is 0 Å². The van der Waals surface area contributed by atoms with Crippen molar-refractivity contribution in [2.45, 2.75) is 0 Å². The molecule has 0 heterocycles. The van der Waals surface area contributed by atoms with Gasteiger partial charge in [0.25, 0.3) is 0 Å². The Morgan fingerprint density at radius 3 is 0.818 bits per heavy atom. The summed E-state index contributed by atoms with van der Waals surface area (Å²) in [4.78, 5) is 0. The Balaban J connectivity index is 1.02. The van der Waals surface area contributed by atoms with Crippen LogP contribution in [0.25, 0.3) is 68.8 Å². The SMILES string of the molecule is C(=C\c1cccc2ccccc12)/c1ccc(P(c2ccc(/C=C/c3cccc4ccccc34)cc2)c2ccc(/C=C/c3cccc4ccccc34)cc2)cc1. The summed E-state index contributed by atoms with van der Waals surface area (Å²) in [6.45, 7) is 0. The maximum atomic E-state index is 2.32. The summed E-state index contributed by atoms with van der Waals surface area (Å²) >= 11 is 0. The highest BCUT2D eigenvalue weighted by Gasteiger charge is 2.16. The third-order valence-corrected chi connectivity index (χ3v) is 12.7. The molecule has 0 saturated heterocycles. The zero-order valence-corrected chi connectivity index (χ0v) is 31.4. The van der Waals surface area contributed by atoms with E-state index in [0.717, 1.165) is 0 Å². The van der Waals surface area contributed by atoms with Gasteiger partial charge < -0.3 is 0 Å². The smallest absolute Gasteiger partial charge is 0.0111 e. The van der Waals surface area contributed by atoms with Crippen LogP contribution in [0.2, 0.25) is 0 Å². The third kappa shape index (κ3) is 7.60. The number of benzene rings is 9. The molecule has 0 N–H and O–H groups in total. The monoisotopic (exact) mass is 718 g/mol. The van der Waals surface area contributed by atoms with Gasteiger partial charge in [0.1, 0.15) is 0 Å². The van der Waals surface area contributed by atoms with Crippen molar-refractivity contribution in [3.8, 4) is 0 Å². The molecule has 0 radical (unpaired) electrons. The van der Waals surface area contributed by atoms with Crippen molar-refractivity contribution < 1.29 is 0 Å². The molecule has 9 rings (SSSR count). The van der Waals surface area contributed by atoms with E-state index in [9.17, 15) is 0 Å². The van der Waals surface area contributed by atoms with Crippen molar-refractivity contribution >= 4 is 92.6 Å². The van der Waals surface area contributed by atoms with Gasteiger partial charge in [-0.2, -0.15) is 0 Å². The lowest BCUT2D eigenvalue weighted by Gasteiger charge is -2.20. The number of rotatable bonds is 9. The van der Waals surface area contributed by atoms with Gasteiger partial charge >= 0.3 is 0 Å². The molecule has 1 heteroatoms. The summed E-state index contributed by atoms with van der Waals surface area (Å²) in [5, 5.41) is 11.6. The average molecular weight is 719 g/mol. The van der Waals surface area contributed by atoms with E-state index in [2.05, 4.69) is 237 Å². The standard InChI is InChI=1S/C54H39P/c1-4-19-52-43(10-1)13-7-16-46(52)31-22-40-25-34-49(35-26-40)55(50-36-27-41(28-37-50)23-32-47-17-8-14-44-11-2-5-20-53(44)47)51-38-29-42(30-39-51)24-33-48-18-9-15-45-12-3-6-21-54(45)48/h1-39H/b31-22+,32-23+,33-24+. The van der Waals surface area contributed by atoms with Gasteiger partial charge in [-0.1, -0.05) is 237 Å². The van der Waals surface area contributed by atoms with Gasteiger partial charge in [-0.15, -0.1) is 0 Å². The summed E-state index contributed by atoms with van der Waals surface area (Å²) in [6, 6.07) is 72.7. The molecule has 0 fully saturated rings. The van der Waals surface area contributed by atoms with Crippen molar-refractivity contribution in [3.63, 3.8) is 0 Å². The van der Waals surface area contributed by atoms with Crippen LogP contribution >= 0.6 is 7.92 Å². The highest BCUT2D eigenvalue weighted by Crippen LogP contribution is 2.34. The molecular weight excluding hydrogens is 680 g/mol. The van der Waals surface area contributed by atoms with Crippen LogP contribution in [0.5, 0.6) is 0 Å². The lowest BCUT2D eigenvalue weighted by atomic mass is 10.0. The fraction of sp³-hybridized carbons (Fsp3) is 0. The van der Waals surface area contributed by atoms with Crippen LogP contribution in [0.15, 0.2) is 200 Å². The lowest BCUT2D eigenvalue weighted by molar-refractivity contribution is 1.67. The summed E-state index contributed by atoms with van der Waals surface area (Å²) in [7, 11) is -0.785. The van der Waals surface area contributed by atoms with E-state index >= 15 is 0 Å². The van der Waals surface area contributed by atoms with Crippen LogP contribution < -0.4 is 15.9 Å². The number of fused-ring (bicyclic) bond motifs is 3. The molecule has 9 aromatic rings. The number of hydrogen-bond donors (Lipinski definition) is 0. The van der Waals surface area contributed by atoms with E-state index in [1.165, 1.54) is 81.6 Å². The van der Waals surface area contributed by atoms with Crippen LogP contribution in [-0.2, 0) is 0 Å². The predicted octanol–water partition coefficient (Wildman–Crippen LogP) is 13.4. The second-order valence-electron chi connectivity index (χ2n) is 13.8. The minimum atomic E-state index is -0.785. The Bertz CT molecular complexity index is 2510. The normalized spacial score (nSPS) is 11.9. The summed E-state index contributed by atoms with van der Waals surface area (Å²) in [5.74, 6) is 0. The van der Waals surface area contributed by atoms with Gasteiger partial charge in [-0.3, -0.25) is 0 Å². The summed E-state index contributed by atoms with van der Waals surface area (Å²) < 4.78 is 0. The molecule has 0 unspecified atom stereocenters. The topological polar surface area (TPSA) is 0 Å². The van der Waals surface area contributed by atoms with E-state index in [1.807, 2.05) is 0 Å². The molecule has 0 nitrogen and oxygen atoms in total. The first-order valence-corrected chi connectivity index (χ1v) is 20.2. The summed E-state index contributed by atoms with van der Waals surface area (Å²) in [6.07, 6.45) is 13.4. The molecule has 0 aliphatic heterocycles. The minimum Gasteiger partial charge on any atom is -0.0616 e. The van der Waals surface area contributed by atoms with Gasteiger partial charge in [-0.25, -0.2) is 0 Å². The van der Waals surface area contributed by atoms with Crippen LogP contribution in [0.1, 0.15) is 33.4 Å². The van der Waals surface area contributed by atoms with Gasteiger partial charge in [0.15, 0.2) is 0 Å². The quantitative estimate of drug-likeness (QED) is 0.103. The molecule has 55 heavy (non-hydrogen) atoms. The molecule has 0 aromatic heterocycles. The van der Waals surface area contributed by atoms with Gasteiger partial charge in [0, 0.05) is 0 Å². The summed E-state index contributed by atoms with van der Waals surface area (Å²) in [5.41, 5.74) is 7.26. The van der Waals surface area contributed by atoms with Crippen molar-refractivity contribution in [2.75, 3.05) is 0 Å². The molecule has 260 valence electrons. The molecule has 0 amide bonds. The van der Waals surface area contributed by atoms with Crippen molar-refractivity contribution in [1.82, 2.24) is 0 Å². The zero-order valence-electron chi connectivity index (χ0n) is 30.5. The predicted molar refractivity (Wildman–Crippen MR) is 244 cm³/mol. The average Bonchev–Trinajstić information content (AvgIpc) is 3.25. The highest BCUT2D eigenvalue weighted by atomic mass is 31.1.